The number of ether oxygens (including phenoxy) is 2. The summed E-state index contributed by atoms with van der Waals surface area (Å²) in [5, 5.41) is 0. The van der Waals surface area contributed by atoms with Gasteiger partial charge in [0.15, 0.2) is 11.5 Å². The Hall–Kier alpha value is -1.07. The molecule has 0 saturated heterocycles. The highest BCUT2D eigenvalue weighted by atomic mass is 35.5. The minimum Gasteiger partial charge on any atom is -0.493 e. The monoisotopic (exact) mass is 314 g/mol. The summed E-state index contributed by atoms with van der Waals surface area (Å²) in [5.74, 6) is 3.81. The first kappa shape index (κ1) is 15.3. The Bertz CT molecular complexity index is 586. The van der Waals surface area contributed by atoms with Gasteiger partial charge in [-0.2, -0.15) is 11.8 Å². The van der Waals surface area contributed by atoms with Gasteiger partial charge in [-0.15, -0.1) is 11.6 Å². The van der Waals surface area contributed by atoms with E-state index in [0.717, 1.165) is 35.6 Å². The third kappa shape index (κ3) is 2.99. The van der Waals surface area contributed by atoms with Crippen molar-refractivity contribution < 1.29 is 9.47 Å². The lowest BCUT2D eigenvalue weighted by Crippen LogP contribution is -2.03. The van der Waals surface area contributed by atoms with Gasteiger partial charge in [-0.3, -0.25) is 0 Å². The van der Waals surface area contributed by atoms with Gasteiger partial charge in [0, 0.05) is 18.7 Å². The van der Waals surface area contributed by atoms with Crippen molar-refractivity contribution in [3.05, 3.63) is 18.0 Å². The van der Waals surface area contributed by atoms with E-state index in [2.05, 4.69) is 15.8 Å². The second-order valence-electron chi connectivity index (χ2n) is 4.36. The van der Waals surface area contributed by atoms with E-state index in [1.165, 1.54) is 0 Å². The number of methoxy groups -OCH3 is 2. The van der Waals surface area contributed by atoms with Gasteiger partial charge in [-0.1, -0.05) is 0 Å². The maximum Gasteiger partial charge on any atom is 0.163 e. The lowest BCUT2D eigenvalue weighted by atomic mass is 10.2. The van der Waals surface area contributed by atoms with Crippen molar-refractivity contribution in [2.24, 2.45) is 0 Å². The van der Waals surface area contributed by atoms with Crippen LogP contribution in [0.1, 0.15) is 12.2 Å². The average Bonchev–Trinajstić information content (AvgIpc) is 2.83. The van der Waals surface area contributed by atoms with Crippen LogP contribution in [0.15, 0.2) is 12.1 Å². The summed E-state index contributed by atoms with van der Waals surface area (Å²) in [4.78, 5) is 4.58. The molecule has 1 heterocycles. The van der Waals surface area contributed by atoms with Crippen LogP contribution in [0.25, 0.3) is 11.0 Å². The summed E-state index contributed by atoms with van der Waals surface area (Å²) >= 11 is 7.86. The van der Waals surface area contributed by atoms with Gasteiger partial charge in [0.25, 0.3) is 0 Å². The maximum absolute atomic E-state index is 6.01. The molecule has 20 heavy (non-hydrogen) atoms. The van der Waals surface area contributed by atoms with Crippen LogP contribution in [0.4, 0.5) is 0 Å². The number of imidazole rings is 1. The van der Waals surface area contributed by atoms with Crippen LogP contribution in [0, 0.1) is 0 Å². The zero-order chi connectivity index (χ0) is 14.5. The zero-order valence-corrected chi connectivity index (χ0v) is 13.6. The Morgan fingerprint density at radius 1 is 1.25 bits per heavy atom. The van der Waals surface area contributed by atoms with Crippen LogP contribution in [0.3, 0.4) is 0 Å². The van der Waals surface area contributed by atoms with Gasteiger partial charge < -0.3 is 14.0 Å². The second-order valence-corrected chi connectivity index (χ2v) is 5.61. The maximum atomic E-state index is 6.01. The van der Waals surface area contributed by atoms with Crippen molar-refractivity contribution in [1.82, 2.24) is 9.55 Å². The van der Waals surface area contributed by atoms with E-state index < -0.39 is 0 Å². The van der Waals surface area contributed by atoms with E-state index in [1.54, 1.807) is 14.2 Å². The molecule has 2 aromatic rings. The molecule has 110 valence electrons. The van der Waals surface area contributed by atoms with Gasteiger partial charge in [-0.05, 0) is 18.4 Å². The first-order valence-electron chi connectivity index (χ1n) is 6.41. The Balaban J connectivity index is 2.47. The summed E-state index contributed by atoms with van der Waals surface area (Å²) in [6.45, 7) is 0.912. The summed E-state index contributed by atoms with van der Waals surface area (Å²) in [6, 6.07) is 3.87. The molecule has 0 aliphatic rings. The predicted octanol–water partition coefficient (Wildman–Crippen LogP) is 3.55. The summed E-state index contributed by atoms with van der Waals surface area (Å²) < 4.78 is 12.8. The lowest BCUT2D eigenvalue weighted by Gasteiger charge is -2.10. The summed E-state index contributed by atoms with van der Waals surface area (Å²) in [5.41, 5.74) is 1.93. The van der Waals surface area contributed by atoms with E-state index in [9.17, 15) is 0 Å². The third-order valence-corrected chi connectivity index (χ3v) is 4.12. The lowest BCUT2D eigenvalue weighted by molar-refractivity contribution is 0.355. The number of fused-ring (bicyclic) bond motifs is 1. The van der Waals surface area contributed by atoms with Crippen molar-refractivity contribution in [3.8, 4) is 11.5 Å². The van der Waals surface area contributed by atoms with Gasteiger partial charge in [0.05, 0.1) is 31.1 Å². The van der Waals surface area contributed by atoms with E-state index in [4.69, 9.17) is 21.1 Å². The molecule has 0 unspecified atom stereocenters. The number of halogens is 1. The number of hydrogen-bond acceptors (Lipinski definition) is 4. The molecule has 0 N–H and O–H groups in total. The standard InChI is InChI=1S/C14H19ClN2O2S/c1-18-12-7-10-11(8-13(12)19-2)17(5-4-6-20-3)14(9-15)16-10/h7-8H,4-6,9H2,1-3H3. The highest BCUT2D eigenvalue weighted by Gasteiger charge is 2.14. The molecule has 2 rings (SSSR count). The molecule has 4 nitrogen and oxygen atoms in total. The number of benzene rings is 1. The highest BCUT2D eigenvalue weighted by Crippen LogP contribution is 2.32. The fourth-order valence-electron chi connectivity index (χ4n) is 2.22. The summed E-state index contributed by atoms with van der Waals surface area (Å²) in [6.07, 6.45) is 3.20. The van der Waals surface area contributed by atoms with Crippen molar-refractivity contribution >= 4 is 34.4 Å². The predicted molar refractivity (Wildman–Crippen MR) is 85.4 cm³/mol. The van der Waals surface area contributed by atoms with Crippen LogP contribution in [-0.4, -0.2) is 35.8 Å². The van der Waals surface area contributed by atoms with Crippen LogP contribution in [0.2, 0.25) is 0 Å². The van der Waals surface area contributed by atoms with E-state index in [0.29, 0.717) is 17.4 Å². The average molecular weight is 315 g/mol. The first-order valence-corrected chi connectivity index (χ1v) is 8.34. The molecular formula is C14H19ClN2O2S. The molecule has 6 heteroatoms. The van der Waals surface area contributed by atoms with Crippen molar-refractivity contribution in [2.75, 3.05) is 26.2 Å². The van der Waals surface area contributed by atoms with Crippen LogP contribution in [0.5, 0.6) is 11.5 Å². The normalized spacial score (nSPS) is 11.0. The molecule has 0 fully saturated rings. The zero-order valence-electron chi connectivity index (χ0n) is 12.0. The molecule has 0 bridgehead atoms. The smallest absolute Gasteiger partial charge is 0.163 e. The molecule has 0 radical (unpaired) electrons. The van der Waals surface area contributed by atoms with Gasteiger partial charge in [0.2, 0.25) is 0 Å². The Kier molecular flexibility index (Phi) is 5.43. The largest absolute Gasteiger partial charge is 0.493 e. The number of thioether (sulfide) groups is 1. The van der Waals surface area contributed by atoms with Gasteiger partial charge in [0.1, 0.15) is 5.82 Å². The minimum absolute atomic E-state index is 0.401. The number of hydrogen-bond donors (Lipinski definition) is 0. The fourth-order valence-corrected chi connectivity index (χ4v) is 2.84. The van der Waals surface area contributed by atoms with E-state index in [1.807, 2.05) is 23.9 Å². The Morgan fingerprint density at radius 2 is 1.95 bits per heavy atom. The molecule has 0 saturated carbocycles. The molecule has 0 spiro atoms. The SMILES string of the molecule is COc1cc2nc(CCl)n(CCCSC)c2cc1OC. The minimum atomic E-state index is 0.401. The summed E-state index contributed by atoms with van der Waals surface area (Å²) in [7, 11) is 3.27. The molecule has 0 aliphatic carbocycles. The van der Waals surface area contributed by atoms with Crippen LogP contribution >= 0.6 is 23.4 Å². The number of alkyl halides is 1. The molecular weight excluding hydrogens is 296 g/mol. The van der Waals surface area contributed by atoms with Crippen LogP contribution in [-0.2, 0) is 12.4 Å². The molecule has 0 atom stereocenters. The van der Waals surface area contributed by atoms with Crippen molar-refractivity contribution in [3.63, 3.8) is 0 Å². The molecule has 0 aliphatic heterocycles. The topological polar surface area (TPSA) is 36.3 Å². The second kappa shape index (κ2) is 7.09. The van der Waals surface area contributed by atoms with E-state index in [-0.39, 0.29) is 0 Å². The van der Waals surface area contributed by atoms with Gasteiger partial charge >= 0.3 is 0 Å². The van der Waals surface area contributed by atoms with Crippen molar-refractivity contribution in [2.45, 2.75) is 18.8 Å². The Morgan fingerprint density at radius 3 is 2.55 bits per heavy atom. The van der Waals surface area contributed by atoms with Gasteiger partial charge in [-0.25, -0.2) is 4.98 Å². The number of nitrogens with zero attached hydrogens (tertiary/aromatic N) is 2. The number of rotatable bonds is 7. The first-order chi connectivity index (χ1) is 9.74. The van der Waals surface area contributed by atoms with Crippen LogP contribution < -0.4 is 9.47 Å². The number of aromatic nitrogens is 2. The molecule has 1 aromatic carbocycles. The third-order valence-electron chi connectivity index (χ3n) is 3.18. The Labute approximate surface area is 128 Å². The molecule has 1 aromatic heterocycles. The van der Waals surface area contributed by atoms with E-state index >= 15 is 0 Å². The number of aryl methyl sites for hydroxylation is 1. The van der Waals surface area contributed by atoms with Crippen molar-refractivity contribution in [1.29, 1.82) is 0 Å². The quantitative estimate of drug-likeness (QED) is 0.578. The molecule has 0 amide bonds. The highest BCUT2D eigenvalue weighted by molar-refractivity contribution is 7.98. The fraction of sp³-hybridized carbons (Fsp3) is 0.500.